The van der Waals surface area contributed by atoms with Crippen LogP contribution < -0.4 is 11.1 Å². The molecule has 3 N–H and O–H groups in total. The molecule has 1 unspecified atom stereocenters. The second-order valence-corrected chi connectivity index (χ2v) is 5.90. The number of rotatable bonds is 4. The van der Waals surface area contributed by atoms with E-state index in [1.807, 2.05) is 26.0 Å². The Labute approximate surface area is 137 Å². The van der Waals surface area contributed by atoms with Gasteiger partial charge in [-0.25, -0.2) is 0 Å². The first-order valence-electron chi connectivity index (χ1n) is 7.02. The van der Waals surface area contributed by atoms with Crippen molar-refractivity contribution in [1.29, 1.82) is 0 Å². The van der Waals surface area contributed by atoms with Gasteiger partial charge in [0, 0.05) is 12.6 Å². The standard InChI is InChI=1S/C15H22ClN3O.ClH/c1-10-6-11(2)15(13(16)7-10)18-14(20)9-19-5-3-4-12(19)8-17;/h6-7,12H,3-5,8-9,17H2,1-2H3,(H,18,20);1H. The molecule has 118 valence electrons. The molecule has 1 aliphatic heterocycles. The Morgan fingerprint density at radius 2 is 2.19 bits per heavy atom. The molecule has 0 spiro atoms. The van der Waals surface area contributed by atoms with Crippen LogP contribution >= 0.6 is 24.0 Å². The van der Waals surface area contributed by atoms with Crippen LogP contribution in [0.2, 0.25) is 5.02 Å². The average Bonchev–Trinajstić information content (AvgIpc) is 2.81. The lowest BCUT2D eigenvalue weighted by atomic mass is 10.1. The van der Waals surface area contributed by atoms with Crippen molar-refractivity contribution >= 4 is 35.6 Å². The van der Waals surface area contributed by atoms with Crippen LogP contribution in [0.25, 0.3) is 0 Å². The fourth-order valence-electron chi connectivity index (χ4n) is 2.81. The van der Waals surface area contributed by atoms with Crippen molar-refractivity contribution in [3.8, 4) is 0 Å². The summed E-state index contributed by atoms with van der Waals surface area (Å²) < 4.78 is 0. The zero-order valence-electron chi connectivity index (χ0n) is 12.5. The smallest absolute Gasteiger partial charge is 0.238 e. The highest BCUT2D eigenvalue weighted by Crippen LogP contribution is 2.27. The van der Waals surface area contributed by atoms with Crippen LogP contribution in [-0.4, -0.2) is 36.5 Å². The number of benzene rings is 1. The second-order valence-electron chi connectivity index (χ2n) is 5.49. The number of hydrogen-bond donors (Lipinski definition) is 2. The Morgan fingerprint density at radius 3 is 2.81 bits per heavy atom. The number of nitrogens with two attached hydrogens (primary N) is 1. The maximum atomic E-state index is 12.2. The van der Waals surface area contributed by atoms with E-state index in [2.05, 4.69) is 10.2 Å². The minimum Gasteiger partial charge on any atom is -0.329 e. The summed E-state index contributed by atoms with van der Waals surface area (Å²) in [5.41, 5.74) is 8.51. The average molecular weight is 332 g/mol. The van der Waals surface area contributed by atoms with Crippen LogP contribution in [0.15, 0.2) is 12.1 Å². The van der Waals surface area contributed by atoms with Crippen LogP contribution in [0.4, 0.5) is 5.69 Å². The molecule has 0 saturated carbocycles. The van der Waals surface area contributed by atoms with Crippen LogP contribution in [0.5, 0.6) is 0 Å². The third-order valence-corrected chi connectivity index (χ3v) is 4.11. The predicted molar refractivity (Wildman–Crippen MR) is 90.5 cm³/mol. The van der Waals surface area contributed by atoms with E-state index in [0.29, 0.717) is 29.8 Å². The van der Waals surface area contributed by atoms with Gasteiger partial charge in [-0.3, -0.25) is 9.69 Å². The monoisotopic (exact) mass is 331 g/mol. The van der Waals surface area contributed by atoms with E-state index in [-0.39, 0.29) is 18.3 Å². The van der Waals surface area contributed by atoms with E-state index in [9.17, 15) is 4.79 Å². The lowest BCUT2D eigenvalue weighted by Crippen LogP contribution is -2.40. The minimum absolute atomic E-state index is 0. The second kappa shape index (κ2) is 7.99. The summed E-state index contributed by atoms with van der Waals surface area (Å²) in [6.07, 6.45) is 2.19. The van der Waals surface area contributed by atoms with E-state index in [1.165, 1.54) is 0 Å². The number of nitrogens with zero attached hydrogens (tertiary/aromatic N) is 1. The lowest BCUT2D eigenvalue weighted by Gasteiger charge is -2.22. The van der Waals surface area contributed by atoms with E-state index in [4.69, 9.17) is 17.3 Å². The first-order chi connectivity index (χ1) is 9.51. The zero-order valence-corrected chi connectivity index (χ0v) is 14.1. The van der Waals surface area contributed by atoms with Crippen molar-refractivity contribution in [2.75, 3.05) is 25.0 Å². The molecule has 0 aliphatic carbocycles. The molecule has 1 heterocycles. The fraction of sp³-hybridized carbons (Fsp3) is 0.533. The summed E-state index contributed by atoms with van der Waals surface area (Å²) in [6, 6.07) is 4.21. The van der Waals surface area contributed by atoms with Gasteiger partial charge in [-0.1, -0.05) is 17.7 Å². The molecular weight excluding hydrogens is 309 g/mol. The molecule has 1 atom stereocenters. The maximum absolute atomic E-state index is 12.2. The highest BCUT2D eigenvalue weighted by atomic mass is 35.5. The van der Waals surface area contributed by atoms with Crippen LogP contribution in [0.1, 0.15) is 24.0 Å². The number of carbonyl (C=O) groups excluding carboxylic acids is 1. The topological polar surface area (TPSA) is 58.4 Å². The molecule has 1 aromatic rings. The lowest BCUT2D eigenvalue weighted by molar-refractivity contribution is -0.117. The molecule has 21 heavy (non-hydrogen) atoms. The third-order valence-electron chi connectivity index (χ3n) is 3.81. The zero-order chi connectivity index (χ0) is 14.7. The number of halogens is 2. The Bertz CT molecular complexity index is 485. The largest absolute Gasteiger partial charge is 0.329 e. The Kier molecular flexibility index (Phi) is 6.94. The Morgan fingerprint density at radius 1 is 1.48 bits per heavy atom. The number of anilines is 1. The SMILES string of the molecule is Cc1cc(C)c(NC(=O)CN2CCCC2CN)c(Cl)c1.Cl. The molecule has 0 radical (unpaired) electrons. The van der Waals surface area contributed by atoms with Gasteiger partial charge in [0.1, 0.15) is 0 Å². The number of hydrogen-bond acceptors (Lipinski definition) is 3. The molecule has 2 rings (SSSR count). The predicted octanol–water partition coefficient (Wildman–Crippen LogP) is 2.74. The molecular formula is C15H23Cl2N3O. The van der Waals surface area contributed by atoms with Crippen LogP contribution in [0, 0.1) is 13.8 Å². The summed E-state index contributed by atoms with van der Waals surface area (Å²) in [4.78, 5) is 14.3. The molecule has 4 nitrogen and oxygen atoms in total. The van der Waals surface area contributed by atoms with Gasteiger partial charge in [0.05, 0.1) is 17.3 Å². The first kappa shape index (κ1) is 18.2. The van der Waals surface area contributed by atoms with Crippen molar-refractivity contribution in [3.05, 3.63) is 28.3 Å². The number of likely N-dealkylation sites (tertiary alicyclic amines) is 1. The van der Waals surface area contributed by atoms with Gasteiger partial charge in [-0.15, -0.1) is 12.4 Å². The maximum Gasteiger partial charge on any atom is 0.238 e. The Balaban J connectivity index is 0.00000220. The van der Waals surface area contributed by atoms with Crippen molar-refractivity contribution in [2.24, 2.45) is 5.73 Å². The number of carbonyl (C=O) groups is 1. The van der Waals surface area contributed by atoms with Gasteiger partial charge in [0.15, 0.2) is 0 Å². The van der Waals surface area contributed by atoms with Crippen LogP contribution in [0.3, 0.4) is 0 Å². The summed E-state index contributed by atoms with van der Waals surface area (Å²) in [7, 11) is 0. The molecule has 1 saturated heterocycles. The van der Waals surface area contributed by atoms with Crippen molar-refractivity contribution in [1.82, 2.24) is 4.90 Å². The number of aryl methyl sites for hydroxylation is 2. The quantitative estimate of drug-likeness (QED) is 0.891. The summed E-state index contributed by atoms with van der Waals surface area (Å²) >= 11 is 6.20. The van der Waals surface area contributed by atoms with Crippen LogP contribution in [-0.2, 0) is 4.79 Å². The van der Waals surface area contributed by atoms with Gasteiger partial charge >= 0.3 is 0 Å². The highest BCUT2D eigenvalue weighted by molar-refractivity contribution is 6.34. The Hall–Kier alpha value is -0.810. The van der Waals surface area contributed by atoms with E-state index in [0.717, 1.165) is 30.5 Å². The first-order valence-corrected chi connectivity index (χ1v) is 7.39. The minimum atomic E-state index is -0.0285. The van der Waals surface area contributed by atoms with E-state index < -0.39 is 0 Å². The fourth-order valence-corrected chi connectivity index (χ4v) is 3.18. The van der Waals surface area contributed by atoms with Crippen molar-refractivity contribution in [2.45, 2.75) is 32.7 Å². The summed E-state index contributed by atoms with van der Waals surface area (Å²) in [5.74, 6) is -0.0285. The van der Waals surface area contributed by atoms with E-state index in [1.54, 1.807) is 0 Å². The van der Waals surface area contributed by atoms with Gasteiger partial charge in [-0.2, -0.15) is 0 Å². The van der Waals surface area contributed by atoms with Crippen molar-refractivity contribution < 1.29 is 4.79 Å². The summed E-state index contributed by atoms with van der Waals surface area (Å²) in [5, 5.41) is 3.51. The van der Waals surface area contributed by atoms with E-state index >= 15 is 0 Å². The van der Waals surface area contributed by atoms with Gasteiger partial charge < -0.3 is 11.1 Å². The molecule has 1 aromatic carbocycles. The molecule has 1 aliphatic rings. The van der Waals surface area contributed by atoms with Gasteiger partial charge in [0.25, 0.3) is 0 Å². The van der Waals surface area contributed by atoms with Gasteiger partial charge in [0.2, 0.25) is 5.91 Å². The highest BCUT2D eigenvalue weighted by Gasteiger charge is 2.25. The molecule has 1 amide bonds. The molecule has 1 fully saturated rings. The number of nitrogens with one attached hydrogen (secondary N) is 1. The third kappa shape index (κ3) is 4.58. The normalized spacial score (nSPS) is 18.4. The molecule has 6 heteroatoms. The molecule has 0 aromatic heterocycles. The number of amides is 1. The summed E-state index contributed by atoms with van der Waals surface area (Å²) in [6.45, 7) is 5.87. The van der Waals surface area contributed by atoms with Gasteiger partial charge in [-0.05, 0) is 50.4 Å². The van der Waals surface area contributed by atoms with Crippen molar-refractivity contribution in [3.63, 3.8) is 0 Å². The molecule has 0 bridgehead atoms.